The van der Waals surface area contributed by atoms with Crippen molar-refractivity contribution >= 4 is 12.1 Å². The molecule has 0 aliphatic heterocycles. The van der Waals surface area contributed by atoms with Crippen LogP contribution in [0.4, 0.5) is 0 Å². The number of nitriles is 1. The maximum absolute atomic E-state index is 12.3. The van der Waals surface area contributed by atoms with Gasteiger partial charge in [0.25, 0.3) is 5.91 Å². The summed E-state index contributed by atoms with van der Waals surface area (Å²) in [7, 11) is 0. The minimum absolute atomic E-state index is 0.354. The predicted molar refractivity (Wildman–Crippen MR) is 115 cm³/mol. The summed E-state index contributed by atoms with van der Waals surface area (Å²) in [6, 6.07) is 28.0. The van der Waals surface area contributed by atoms with Gasteiger partial charge in [0.1, 0.15) is 5.69 Å². The van der Waals surface area contributed by atoms with Crippen LogP contribution in [0.3, 0.4) is 0 Å². The highest BCUT2D eigenvalue weighted by atomic mass is 16.2. The predicted octanol–water partition coefficient (Wildman–Crippen LogP) is 4.17. The summed E-state index contributed by atoms with van der Waals surface area (Å²) in [5.74, 6) is -0.354. The average molecular weight is 391 g/mol. The number of hydrogen-bond acceptors (Lipinski definition) is 4. The molecule has 4 aromatic rings. The number of nitrogens with one attached hydrogen (secondary N) is 1. The lowest BCUT2D eigenvalue weighted by molar-refractivity contribution is 0.0955. The van der Waals surface area contributed by atoms with E-state index >= 15 is 0 Å². The van der Waals surface area contributed by atoms with Crippen LogP contribution in [0.2, 0.25) is 0 Å². The van der Waals surface area contributed by atoms with Gasteiger partial charge in [0.05, 0.1) is 23.5 Å². The van der Waals surface area contributed by atoms with Gasteiger partial charge >= 0.3 is 0 Å². The molecular weight excluding hydrogens is 374 g/mol. The van der Waals surface area contributed by atoms with Gasteiger partial charge in [-0.1, -0.05) is 48.5 Å². The number of aromatic nitrogens is 2. The SMILES string of the molecule is N#Cc1ccc(C(=O)N/N=C/c2cn(-c3ccccc3)nc2-c2ccccc2)cc1. The number of carbonyl (C=O) groups excluding carboxylic acids is 1. The summed E-state index contributed by atoms with van der Waals surface area (Å²) < 4.78 is 1.78. The molecule has 0 fully saturated rings. The third-order valence-electron chi connectivity index (χ3n) is 4.46. The van der Waals surface area contributed by atoms with Gasteiger partial charge in [-0.25, -0.2) is 10.1 Å². The van der Waals surface area contributed by atoms with Crippen molar-refractivity contribution < 1.29 is 4.79 Å². The summed E-state index contributed by atoms with van der Waals surface area (Å²) in [6.45, 7) is 0. The molecule has 0 saturated heterocycles. The maximum atomic E-state index is 12.3. The Labute approximate surface area is 173 Å². The van der Waals surface area contributed by atoms with E-state index in [0.717, 1.165) is 22.5 Å². The van der Waals surface area contributed by atoms with Gasteiger partial charge in [-0.15, -0.1) is 0 Å². The van der Waals surface area contributed by atoms with Crippen molar-refractivity contribution in [1.82, 2.24) is 15.2 Å². The van der Waals surface area contributed by atoms with E-state index in [-0.39, 0.29) is 5.91 Å². The molecule has 30 heavy (non-hydrogen) atoms. The van der Waals surface area contributed by atoms with Gasteiger partial charge < -0.3 is 0 Å². The molecule has 0 aliphatic carbocycles. The van der Waals surface area contributed by atoms with E-state index in [4.69, 9.17) is 10.4 Å². The molecule has 0 atom stereocenters. The van der Waals surface area contributed by atoms with Crippen LogP contribution in [0.5, 0.6) is 0 Å². The van der Waals surface area contributed by atoms with Crippen LogP contribution in [0.25, 0.3) is 16.9 Å². The monoisotopic (exact) mass is 391 g/mol. The Bertz CT molecular complexity index is 1220. The largest absolute Gasteiger partial charge is 0.271 e. The van der Waals surface area contributed by atoms with Crippen LogP contribution >= 0.6 is 0 Å². The Morgan fingerprint density at radius 2 is 1.63 bits per heavy atom. The van der Waals surface area contributed by atoms with E-state index in [0.29, 0.717) is 11.1 Å². The summed E-state index contributed by atoms with van der Waals surface area (Å²) in [4.78, 5) is 12.3. The van der Waals surface area contributed by atoms with Gasteiger partial charge in [0.2, 0.25) is 0 Å². The van der Waals surface area contributed by atoms with Gasteiger partial charge in [-0.2, -0.15) is 15.5 Å². The molecule has 0 bridgehead atoms. The molecule has 6 heteroatoms. The van der Waals surface area contributed by atoms with Crippen LogP contribution in [-0.4, -0.2) is 21.9 Å². The first-order chi connectivity index (χ1) is 14.7. The molecule has 6 nitrogen and oxygen atoms in total. The lowest BCUT2D eigenvalue weighted by Gasteiger charge is -2.00. The zero-order valence-corrected chi connectivity index (χ0v) is 15.9. The highest BCUT2D eigenvalue weighted by Crippen LogP contribution is 2.22. The minimum Gasteiger partial charge on any atom is -0.267 e. The van der Waals surface area contributed by atoms with Crippen LogP contribution in [0.15, 0.2) is 96.2 Å². The Morgan fingerprint density at radius 3 is 2.30 bits per heavy atom. The van der Waals surface area contributed by atoms with E-state index in [1.807, 2.05) is 72.9 Å². The molecule has 0 saturated carbocycles. The highest BCUT2D eigenvalue weighted by Gasteiger charge is 2.11. The van der Waals surface area contributed by atoms with Crippen LogP contribution in [-0.2, 0) is 0 Å². The van der Waals surface area contributed by atoms with Gasteiger partial charge in [0, 0.05) is 22.9 Å². The first kappa shape index (κ1) is 18.8. The number of para-hydroxylation sites is 1. The molecule has 1 N–H and O–H groups in total. The van der Waals surface area contributed by atoms with Crippen molar-refractivity contribution in [3.05, 3.63) is 108 Å². The van der Waals surface area contributed by atoms with Crippen LogP contribution < -0.4 is 5.43 Å². The van der Waals surface area contributed by atoms with Crippen molar-refractivity contribution in [1.29, 1.82) is 5.26 Å². The summed E-state index contributed by atoms with van der Waals surface area (Å²) in [5.41, 5.74) is 6.85. The molecule has 1 heterocycles. The van der Waals surface area contributed by atoms with E-state index in [9.17, 15) is 4.79 Å². The van der Waals surface area contributed by atoms with E-state index < -0.39 is 0 Å². The van der Waals surface area contributed by atoms with Crippen molar-refractivity contribution in [2.24, 2.45) is 5.10 Å². The molecular formula is C24H17N5O. The Kier molecular flexibility index (Phi) is 5.45. The molecule has 0 unspecified atom stereocenters. The first-order valence-electron chi connectivity index (χ1n) is 9.29. The fourth-order valence-corrected chi connectivity index (χ4v) is 2.94. The number of hydrazone groups is 1. The van der Waals surface area contributed by atoms with Gasteiger partial charge in [0.15, 0.2) is 0 Å². The molecule has 0 spiro atoms. The average Bonchev–Trinajstić information content (AvgIpc) is 3.24. The third-order valence-corrected chi connectivity index (χ3v) is 4.46. The second-order valence-electron chi connectivity index (χ2n) is 6.47. The molecule has 1 aromatic heterocycles. The third kappa shape index (κ3) is 4.16. The summed E-state index contributed by atoms with van der Waals surface area (Å²) >= 11 is 0. The summed E-state index contributed by atoms with van der Waals surface area (Å²) in [6.07, 6.45) is 3.45. The minimum atomic E-state index is -0.354. The Morgan fingerprint density at radius 1 is 0.967 bits per heavy atom. The summed E-state index contributed by atoms with van der Waals surface area (Å²) in [5, 5.41) is 17.7. The Balaban J connectivity index is 1.60. The molecule has 0 radical (unpaired) electrons. The molecule has 0 aliphatic rings. The molecule has 1 amide bonds. The van der Waals surface area contributed by atoms with Crippen molar-refractivity contribution in [2.75, 3.05) is 0 Å². The molecule has 3 aromatic carbocycles. The second kappa shape index (κ2) is 8.67. The number of hydrogen-bond donors (Lipinski definition) is 1. The Hall–Kier alpha value is -4.50. The topological polar surface area (TPSA) is 83.1 Å². The number of carbonyl (C=O) groups is 1. The van der Waals surface area contributed by atoms with Crippen molar-refractivity contribution in [2.45, 2.75) is 0 Å². The van der Waals surface area contributed by atoms with Crippen molar-refractivity contribution in [3.8, 4) is 23.0 Å². The van der Waals surface area contributed by atoms with Gasteiger partial charge in [-0.05, 0) is 36.4 Å². The van der Waals surface area contributed by atoms with Crippen molar-refractivity contribution in [3.63, 3.8) is 0 Å². The number of benzene rings is 3. The smallest absolute Gasteiger partial charge is 0.267 e. The quantitative estimate of drug-likeness (QED) is 0.409. The number of nitrogens with zero attached hydrogens (tertiary/aromatic N) is 4. The lowest BCUT2D eigenvalue weighted by atomic mass is 10.1. The van der Waals surface area contributed by atoms with E-state index in [1.54, 1.807) is 35.2 Å². The van der Waals surface area contributed by atoms with E-state index in [2.05, 4.69) is 10.5 Å². The zero-order chi connectivity index (χ0) is 20.8. The normalized spacial score (nSPS) is 10.6. The standard InChI is InChI=1S/C24H17N5O/c25-15-18-11-13-20(14-12-18)24(30)27-26-16-21-17-29(22-9-5-2-6-10-22)28-23(21)19-7-3-1-4-8-19/h1-14,16-17H,(H,27,30)/b26-16+. The zero-order valence-electron chi connectivity index (χ0n) is 15.9. The lowest BCUT2D eigenvalue weighted by Crippen LogP contribution is -2.17. The fourth-order valence-electron chi connectivity index (χ4n) is 2.94. The second-order valence-corrected chi connectivity index (χ2v) is 6.47. The molecule has 144 valence electrons. The highest BCUT2D eigenvalue weighted by molar-refractivity contribution is 5.95. The van der Waals surface area contributed by atoms with Crippen LogP contribution in [0.1, 0.15) is 21.5 Å². The van der Waals surface area contributed by atoms with E-state index in [1.165, 1.54) is 0 Å². The maximum Gasteiger partial charge on any atom is 0.271 e. The van der Waals surface area contributed by atoms with Gasteiger partial charge in [-0.3, -0.25) is 4.79 Å². The first-order valence-corrected chi connectivity index (χ1v) is 9.29. The number of amides is 1. The molecule has 4 rings (SSSR count). The fraction of sp³-hybridized carbons (Fsp3) is 0. The van der Waals surface area contributed by atoms with Crippen LogP contribution in [0, 0.1) is 11.3 Å². The number of rotatable bonds is 5.